The van der Waals surface area contributed by atoms with Crippen LogP contribution in [0.5, 0.6) is 5.75 Å². The minimum Gasteiger partial charge on any atom is -0.406 e. The van der Waals surface area contributed by atoms with Gasteiger partial charge in [0.15, 0.2) is 0 Å². The van der Waals surface area contributed by atoms with Gasteiger partial charge < -0.3 is 9.84 Å². The van der Waals surface area contributed by atoms with Gasteiger partial charge in [0.25, 0.3) is 0 Å². The average molecular weight is 398 g/mol. The quantitative estimate of drug-likeness (QED) is 0.526. The molecular weight excluding hydrogens is 369 g/mol. The minimum atomic E-state index is -4.60. The summed E-state index contributed by atoms with van der Waals surface area (Å²) in [6, 6.07) is 5.67. The van der Waals surface area contributed by atoms with Crippen molar-refractivity contribution in [2.45, 2.75) is 52.3 Å². The van der Waals surface area contributed by atoms with Crippen LogP contribution in [0, 0.1) is 12.8 Å². The van der Waals surface area contributed by atoms with Gasteiger partial charge in [0, 0.05) is 19.9 Å². The van der Waals surface area contributed by atoms with Gasteiger partial charge in [-0.1, -0.05) is 37.1 Å². The third-order valence-corrected chi connectivity index (χ3v) is 4.16. The third-order valence-electron chi connectivity index (χ3n) is 4.16. The molecule has 0 saturated carbocycles. The predicted octanol–water partition coefficient (Wildman–Crippen LogP) is 5.50. The van der Waals surface area contributed by atoms with Gasteiger partial charge in [-0.25, -0.2) is 4.99 Å². The van der Waals surface area contributed by atoms with Crippen molar-refractivity contribution < 1.29 is 23.0 Å². The molecule has 1 atom stereocenters. The molecule has 0 spiro atoms. The highest BCUT2D eigenvalue weighted by Crippen LogP contribution is 2.24. The van der Waals surface area contributed by atoms with Crippen LogP contribution in [0.15, 0.2) is 45.9 Å². The fraction of sp³-hybridized carbons (Fsp3) is 0.524. The Kier molecular flexibility index (Phi) is 10.5. The largest absolute Gasteiger partial charge is 0.573 e. The van der Waals surface area contributed by atoms with Gasteiger partial charge in [-0.05, 0) is 56.2 Å². The van der Waals surface area contributed by atoms with Gasteiger partial charge >= 0.3 is 6.36 Å². The van der Waals surface area contributed by atoms with Crippen LogP contribution < -0.4 is 4.74 Å². The average Bonchev–Trinajstić information content (AvgIpc) is 2.67. The van der Waals surface area contributed by atoms with Crippen LogP contribution in [0.2, 0.25) is 0 Å². The van der Waals surface area contributed by atoms with E-state index in [9.17, 15) is 13.2 Å². The molecule has 1 unspecified atom stereocenters. The number of aliphatic imine (C=N–C) groups is 2. The Morgan fingerprint density at radius 2 is 1.96 bits per heavy atom. The van der Waals surface area contributed by atoms with E-state index >= 15 is 0 Å². The predicted molar refractivity (Wildman–Crippen MR) is 107 cm³/mol. The first-order valence-corrected chi connectivity index (χ1v) is 9.41. The zero-order valence-electron chi connectivity index (χ0n) is 16.7. The maximum Gasteiger partial charge on any atom is 0.573 e. The molecule has 4 nitrogen and oxygen atoms in total. The SMILES string of the molecule is CCCC=NC(=NC)C1=CCC(CO)CC1.Cc1ccc(OC(F)(F)F)cc1. The molecule has 0 bridgehead atoms. The Labute approximate surface area is 164 Å². The second-order valence-electron chi connectivity index (χ2n) is 6.56. The number of allylic oxidation sites excluding steroid dienone is 1. The molecular formula is C21H29F3N2O2. The Balaban J connectivity index is 0.000000292. The zero-order chi connectivity index (χ0) is 21.0. The number of hydrogen-bond acceptors (Lipinski definition) is 3. The van der Waals surface area contributed by atoms with Crippen LogP contribution in [-0.2, 0) is 0 Å². The lowest BCUT2D eigenvalue weighted by Gasteiger charge is -2.19. The number of aliphatic hydroxyl groups is 1. The number of amidine groups is 1. The van der Waals surface area contributed by atoms with Gasteiger partial charge in [0.2, 0.25) is 0 Å². The van der Waals surface area contributed by atoms with Crippen molar-refractivity contribution in [2.75, 3.05) is 13.7 Å². The monoisotopic (exact) mass is 398 g/mol. The number of halogens is 3. The van der Waals surface area contributed by atoms with E-state index < -0.39 is 6.36 Å². The Hall–Kier alpha value is -2.15. The van der Waals surface area contributed by atoms with Crippen LogP contribution in [0.25, 0.3) is 0 Å². The summed E-state index contributed by atoms with van der Waals surface area (Å²) in [5.74, 6) is 1.11. The molecule has 1 aromatic carbocycles. The molecule has 1 aromatic rings. The van der Waals surface area contributed by atoms with Gasteiger partial charge in [-0.15, -0.1) is 13.2 Å². The number of ether oxygens (including phenoxy) is 1. The van der Waals surface area contributed by atoms with Crippen molar-refractivity contribution in [1.82, 2.24) is 0 Å². The molecule has 0 heterocycles. The molecule has 156 valence electrons. The van der Waals surface area contributed by atoms with Crippen LogP contribution in [0.3, 0.4) is 0 Å². The molecule has 0 radical (unpaired) electrons. The van der Waals surface area contributed by atoms with E-state index in [1.54, 1.807) is 26.1 Å². The standard InChI is InChI=1S/C13H22N2O.C8H7F3O/c1-3-4-9-15-13(14-2)12-7-5-11(10-16)6-8-12;1-6-2-4-7(5-3-6)12-8(9,10)11/h7,9,11,16H,3-6,8,10H2,1-2H3;2-5H,1H3. The summed E-state index contributed by atoms with van der Waals surface area (Å²) < 4.78 is 38.5. The second-order valence-corrected chi connectivity index (χ2v) is 6.56. The van der Waals surface area contributed by atoms with Gasteiger partial charge in [0.05, 0.1) is 0 Å². The molecule has 0 aliphatic heterocycles. The normalized spacial score (nSPS) is 17.8. The maximum absolute atomic E-state index is 11.6. The Bertz CT molecular complexity index is 665. The van der Waals surface area contributed by atoms with E-state index in [0.29, 0.717) is 12.5 Å². The second kappa shape index (κ2) is 12.3. The van der Waals surface area contributed by atoms with E-state index in [-0.39, 0.29) is 5.75 Å². The highest BCUT2D eigenvalue weighted by Gasteiger charge is 2.30. The molecule has 1 N–H and O–H groups in total. The number of nitrogens with zero attached hydrogens (tertiary/aromatic N) is 2. The molecule has 1 aliphatic rings. The lowest BCUT2D eigenvalue weighted by Crippen LogP contribution is -2.16. The lowest BCUT2D eigenvalue weighted by atomic mass is 9.90. The summed E-state index contributed by atoms with van der Waals surface area (Å²) in [7, 11) is 1.79. The van der Waals surface area contributed by atoms with Gasteiger partial charge in [-0.2, -0.15) is 0 Å². The van der Waals surface area contributed by atoms with E-state index in [1.807, 2.05) is 6.21 Å². The summed E-state index contributed by atoms with van der Waals surface area (Å²) in [5.41, 5.74) is 2.13. The van der Waals surface area contributed by atoms with Gasteiger partial charge in [0.1, 0.15) is 11.6 Å². The van der Waals surface area contributed by atoms with Crippen molar-refractivity contribution in [3.8, 4) is 5.75 Å². The Morgan fingerprint density at radius 1 is 1.29 bits per heavy atom. The Morgan fingerprint density at radius 3 is 2.43 bits per heavy atom. The number of rotatable bonds is 5. The molecule has 7 heteroatoms. The molecule has 0 aromatic heterocycles. The fourth-order valence-corrected chi connectivity index (χ4v) is 2.56. The molecule has 28 heavy (non-hydrogen) atoms. The van der Waals surface area contributed by atoms with Crippen LogP contribution in [0.1, 0.15) is 44.6 Å². The van der Waals surface area contributed by atoms with Crippen molar-refractivity contribution in [2.24, 2.45) is 15.9 Å². The number of hydrogen-bond donors (Lipinski definition) is 1. The highest BCUT2D eigenvalue weighted by molar-refractivity contribution is 6.02. The maximum atomic E-state index is 11.6. The van der Waals surface area contributed by atoms with Crippen molar-refractivity contribution in [3.05, 3.63) is 41.5 Å². The van der Waals surface area contributed by atoms with Crippen LogP contribution >= 0.6 is 0 Å². The van der Waals surface area contributed by atoms with Crippen molar-refractivity contribution in [3.63, 3.8) is 0 Å². The van der Waals surface area contributed by atoms with Crippen LogP contribution in [0.4, 0.5) is 13.2 Å². The summed E-state index contributed by atoms with van der Waals surface area (Å²) >= 11 is 0. The van der Waals surface area contributed by atoms with E-state index in [0.717, 1.165) is 43.5 Å². The number of benzene rings is 1. The first-order valence-electron chi connectivity index (χ1n) is 9.41. The van der Waals surface area contributed by atoms with E-state index in [4.69, 9.17) is 5.11 Å². The smallest absolute Gasteiger partial charge is 0.406 e. The molecule has 1 aliphatic carbocycles. The van der Waals surface area contributed by atoms with Crippen molar-refractivity contribution in [1.29, 1.82) is 0 Å². The number of aliphatic hydroxyl groups excluding tert-OH is 1. The first-order chi connectivity index (χ1) is 13.3. The highest BCUT2D eigenvalue weighted by atomic mass is 19.4. The first kappa shape index (κ1) is 23.9. The summed E-state index contributed by atoms with van der Waals surface area (Å²) in [5, 5.41) is 9.06. The lowest BCUT2D eigenvalue weighted by molar-refractivity contribution is -0.274. The fourth-order valence-electron chi connectivity index (χ4n) is 2.56. The summed E-state index contributed by atoms with van der Waals surface area (Å²) in [6.07, 6.45) is 4.63. The van der Waals surface area contributed by atoms with E-state index in [1.165, 1.54) is 17.7 Å². The van der Waals surface area contributed by atoms with Crippen molar-refractivity contribution >= 4 is 12.1 Å². The zero-order valence-corrected chi connectivity index (χ0v) is 16.7. The number of aryl methyl sites for hydroxylation is 1. The molecule has 0 saturated heterocycles. The summed E-state index contributed by atoms with van der Waals surface area (Å²) in [4.78, 5) is 8.62. The number of alkyl halides is 3. The van der Waals surface area contributed by atoms with Crippen LogP contribution in [-0.4, -0.2) is 37.2 Å². The summed E-state index contributed by atoms with van der Waals surface area (Å²) in [6.45, 7) is 4.22. The molecule has 0 amide bonds. The molecule has 0 fully saturated rings. The number of unbranched alkanes of at least 4 members (excludes halogenated alkanes) is 1. The topological polar surface area (TPSA) is 54.2 Å². The van der Waals surface area contributed by atoms with Gasteiger partial charge in [-0.3, -0.25) is 4.99 Å². The molecule has 2 rings (SSSR count). The third kappa shape index (κ3) is 9.69. The minimum absolute atomic E-state index is 0.187. The van der Waals surface area contributed by atoms with E-state index in [2.05, 4.69) is 27.7 Å².